The van der Waals surface area contributed by atoms with Crippen molar-refractivity contribution >= 4 is 23.0 Å². The maximum atomic E-state index is 12.1. The SMILES string of the molecule is Cc1ccc(C(=O)CCC(=O)NCCc2cccs2)cc1C. The maximum absolute atomic E-state index is 12.1. The second kappa shape index (κ2) is 7.90. The molecule has 4 heteroatoms. The van der Waals surface area contributed by atoms with Gasteiger partial charge < -0.3 is 5.32 Å². The standard InChI is InChI=1S/C18H21NO2S/c1-13-5-6-15(12-14(13)2)17(20)7-8-18(21)19-10-9-16-4-3-11-22-16/h3-6,11-12H,7-10H2,1-2H3,(H,19,21). The Morgan fingerprint density at radius 2 is 1.91 bits per heavy atom. The van der Waals surface area contributed by atoms with Gasteiger partial charge in [0.05, 0.1) is 0 Å². The van der Waals surface area contributed by atoms with Crippen LogP contribution in [0.1, 0.15) is 39.2 Å². The Labute approximate surface area is 135 Å². The Morgan fingerprint density at radius 1 is 1.09 bits per heavy atom. The van der Waals surface area contributed by atoms with Gasteiger partial charge in [0, 0.05) is 29.8 Å². The van der Waals surface area contributed by atoms with Crippen LogP contribution in [0.5, 0.6) is 0 Å². The minimum absolute atomic E-state index is 0.0245. The highest BCUT2D eigenvalue weighted by molar-refractivity contribution is 7.09. The first-order valence-corrected chi connectivity index (χ1v) is 8.34. The number of benzene rings is 1. The molecule has 0 saturated heterocycles. The lowest BCUT2D eigenvalue weighted by Crippen LogP contribution is -2.25. The van der Waals surface area contributed by atoms with Gasteiger partial charge in [-0.2, -0.15) is 0 Å². The Kier molecular flexibility index (Phi) is 5.90. The molecule has 0 bridgehead atoms. The van der Waals surface area contributed by atoms with Gasteiger partial charge in [0.25, 0.3) is 0 Å². The smallest absolute Gasteiger partial charge is 0.220 e. The van der Waals surface area contributed by atoms with Crippen molar-refractivity contribution in [3.8, 4) is 0 Å². The quantitative estimate of drug-likeness (QED) is 0.792. The summed E-state index contributed by atoms with van der Waals surface area (Å²) in [5, 5.41) is 4.89. The molecule has 0 aliphatic heterocycles. The molecular formula is C18H21NO2S. The number of carbonyl (C=O) groups excluding carboxylic acids is 2. The van der Waals surface area contributed by atoms with E-state index < -0.39 is 0 Å². The zero-order valence-electron chi connectivity index (χ0n) is 13.0. The van der Waals surface area contributed by atoms with Crippen molar-refractivity contribution in [3.05, 3.63) is 57.3 Å². The molecule has 1 aromatic carbocycles. The van der Waals surface area contributed by atoms with Crippen LogP contribution in [0.3, 0.4) is 0 Å². The molecule has 1 aromatic heterocycles. The summed E-state index contributed by atoms with van der Waals surface area (Å²) in [7, 11) is 0. The highest BCUT2D eigenvalue weighted by atomic mass is 32.1. The summed E-state index contributed by atoms with van der Waals surface area (Å²) in [6, 6.07) is 9.74. The van der Waals surface area contributed by atoms with E-state index in [-0.39, 0.29) is 24.5 Å². The number of rotatable bonds is 7. The first-order chi connectivity index (χ1) is 10.6. The molecule has 3 nitrogen and oxygen atoms in total. The lowest BCUT2D eigenvalue weighted by Gasteiger charge is -2.06. The van der Waals surface area contributed by atoms with Gasteiger partial charge in [-0.05, 0) is 48.9 Å². The number of nitrogens with one attached hydrogen (secondary N) is 1. The van der Waals surface area contributed by atoms with Crippen LogP contribution in [-0.4, -0.2) is 18.2 Å². The molecule has 1 amide bonds. The minimum atomic E-state index is -0.0614. The van der Waals surface area contributed by atoms with Gasteiger partial charge in [-0.25, -0.2) is 0 Å². The molecule has 22 heavy (non-hydrogen) atoms. The Balaban J connectivity index is 1.73. The van der Waals surface area contributed by atoms with Gasteiger partial charge in [0.15, 0.2) is 5.78 Å². The minimum Gasteiger partial charge on any atom is -0.356 e. The second-order valence-corrected chi connectivity index (χ2v) is 6.43. The number of Topliss-reactive ketones (excluding diaryl/α,β-unsaturated/α-hetero) is 1. The number of ketones is 1. The molecule has 0 saturated carbocycles. The lowest BCUT2D eigenvalue weighted by molar-refractivity contribution is -0.121. The molecule has 116 valence electrons. The number of hydrogen-bond donors (Lipinski definition) is 1. The van der Waals surface area contributed by atoms with Crippen LogP contribution in [0.15, 0.2) is 35.7 Å². The third-order valence-corrected chi connectivity index (χ3v) is 4.62. The fourth-order valence-electron chi connectivity index (χ4n) is 2.15. The number of carbonyl (C=O) groups is 2. The van der Waals surface area contributed by atoms with Gasteiger partial charge in [-0.15, -0.1) is 11.3 Å². The number of thiophene rings is 1. The average molecular weight is 315 g/mol. The zero-order chi connectivity index (χ0) is 15.9. The van der Waals surface area contributed by atoms with E-state index in [0.717, 1.165) is 12.0 Å². The molecule has 2 aromatic rings. The topological polar surface area (TPSA) is 46.2 Å². The fraction of sp³-hybridized carbons (Fsp3) is 0.333. The van der Waals surface area contributed by atoms with Crippen molar-refractivity contribution in [2.45, 2.75) is 33.1 Å². The summed E-state index contributed by atoms with van der Waals surface area (Å²) in [6.45, 7) is 4.63. The van der Waals surface area contributed by atoms with E-state index in [1.807, 2.05) is 43.5 Å². The van der Waals surface area contributed by atoms with Crippen LogP contribution in [-0.2, 0) is 11.2 Å². The number of amides is 1. The van der Waals surface area contributed by atoms with Crippen molar-refractivity contribution < 1.29 is 9.59 Å². The summed E-state index contributed by atoms with van der Waals surface area (Å²) in [5.74, 6) is -0.0368. The molecule has 0 radical (unpaired) electrons. The summed E-state index contributed by atoms with van der Waals surface area (Å²) >= 11 is 1.69. The van der Waals surface area contributed by atoms with Crippen molar-refractivity contribution in [1.82, 2.24) is 5.32 Å². The van der Waals surface area contributed by atoms with Crippen molar-refractivity contribution in [2.75, 3.05) is 6.54 Å². The molecular weight excluding hydrogens is 294 g/mol. The third-order valence-electron chi connectivity index (χ3n) is 3.68. The zero-order valence-corrected chi connectivity index (χ0v) is 13.8. The monoisotopic (exact) mass is 315 g/mol. The Bertz CT molecular complexity index is 647. The van der Waals surface area contributed by atoms with Crippen molar-refractivity contribution in [1.29, 1.82) is 0 Å². The largest absolute Gasteiger partial charge is 0.356 e. The molecule has 0 fully saturated rings. The van der Waals surface area contributed by atoms with E-state index in [9.17, 15) is 9.59 Å². The molecule has 0 aliphatic carbocycles. The predicted molar refractivity (Wildman–Crippen MR) is 90.5 cm³/mol. The fourth-order valence-corrected chi connectivity index (χ4v) is 2.86. The normalized spacial score (nSPS) is 10.5. The first kappa shape index (κ1) is 16.4. The van der Waals surface area contributed by atoms with Gasteiger partial charge in [-0.3, -0.25) is 9.59 Å². The Morgan fingerprint density at radius 3 is 2.59 bits per heavy atom. The predicted octanol–water partition coefficient (Wildman–Crippen LogP) is 3.69. The van der Waals surface area contributed by atoms with E-state index in [0.29, 0.717) is 12.1 Å². The van der Waals surface area contributed by atoms with Crippen molar-refractivity contribution in [3.63, 3.8) is 0 Å². The Hall–Kier alpha value is -1.94. The van der Waals surface area contributed by atoms with Gasteiger partial charge in [0.1, 0.15) is 0 Å². The van der Waals surface area contributed by atoms with Crippen LogP contribution >= 0.6 is 11.3 Å². The molecule has 2 rings (SSSR count). The third kappa shape index (κ3) is 4.81. The van der Waals surface area contributed by atoms with Crippen LogP contribution in [0.4, 0.5) is 0 Å². The maximum Gasteiger partial charge on any atom is 0.220 e. The van der Waals surface area contributed by atoms with Crippen LogP contribution in [0.25, 0.3) is 0 Å². The van der Waals surface area contributed by atoms with Crippen LogP contribution in [0, 0.1) is 13.8 Å². The summed E-state index contributed by atoms with van der Waals surface area (Å²) < 4.78 is 0. The van der Waals surface area contributed by atoms with Gasteiger partial charge >= 0.3 is 0 Å². The molecule has 1 heterocycles. The van der Waals surface area contributed by atoms with Gasteiger partial charge in [0.2, 0.25) is 5.91 Å². The second-order valence-electron chi connectivity index (χ2n) is 5.40. The summed E-state index contributed by atoms with van der Waals surface area (Å²) in [6.07, 6.45) is 1.35. The van der Waals surface area contributed by atoms with Crippen molar-refractivity contribution in [2.24, 2.45) is 0 Å². The average Bonchev–Trinajstić information content (AvgIpc) is 3.01. The molecule has 1 N–H and O–H groups in total. The lowest BCUT2D eigenvalue weighted by atomic mass is 10.0. The highest BCUT2D eigenvalue weighted by Gasteiger charge is 2.10. The highest BCUT2D eigenvalue weighted by Crippen LogP contribution is 2.12. The van der Waals surface area contributed by atoms with E-state index in [1.165, 1.54) is 10.4 Å². The van der Waals surface area contributed by atoms with E-state index in [4.69, 9.17) is 0 Å². The number of hydrogen-bond acceptors (Lipinski definition) is 3. The summed E-state index contributed by atoms with van der Waals surface area (Å²) in [4.78, 5) is 25.1. The first-order valence-electron chi connectivity index (χ1n) is 7.46. The summed E-state index contributed by atoms with van der Waals surface area (Å²) in [5.41, 5.74) is 2.96. The van der Waals surface area contributed by atoms with Crippen LogP contribution in [0.2, 0.25) is 0 Å². The molecule has 0 spiro atoms. The molecule has 0 aliphatic rings. The number of aryl methyl sites for hydroxylation is 2. The van der Waals surface area contributed by atoms with Crippen LogP contribution < -0.4 is 5.32 Å². The molecule has 0 unspecified atom stereocenters. The van der Waals surface area contributed by atoms with E-state index in [2.05, 4.69) is 11.4 Å². The van der Waals surface area contributed by atoms with E-state index in [1.54, 1.807) is 11.3 Å². The van der Waals surface area contributed by atoms with E-state index >= 15 is 0 Å². The van der Waals surface area contributed by atoms with Gasteiger partial charge in [-0.1, -0.05) is 18.2 Å². The molecule has 0 atom stereocenters.